The molecule has 1 heterocycles. The molecule has 2 N–H and O–H groups in total. The summed E-state index contributed by atoms with van der Waals surface area (Å²) < 4.78 is 0. The quantitative estimate of drug-likeness (QED) is 0.751. The van der Waals surface area contributed by atoms with E-state index in [0.717, 1.165) is 16.5 Å². The first-order chi connectivity index (χ1) is 10.3. The maximum absolute atomic E-state index is 12.0. The Labute approximate surface area is 123 Å². The average Bonchev–Trinajstić information content (AvgIpc) is 2.96. The number of hydrogen-bond acceptors (Lipinski definition) is 1. The number of carbonyl (C=O) groups is 1. The lowest BCUT2D eigenvalue weighted by atomic mass is 10.2. The van der Waals surface area contributed by atoms with Gasteiger partial charge in [0.2, 0.25) is 0 Å². The van der Waals surface area contributed by atoms with Gasteiger partial charge in [0, 0.05) is 17.4 Å². The Balaban J connectivity index is 1.60. The molecule has 1 amide bonds. The van der Waals surface area contributed by atoms with Gasteiger partial charge in [-0.2, -0.15) is 0 Å². The number of H-pyrrole nitrogens is 1. The first-order valence-electron chi connectivity index (χ1n) is 6.90. The van der Waals surface area contributed by atoms with E-state index in [9.17, 15) is 4.79 Å². The number of fused-ring (bicyclic) bond motifs is 1. The highest BCUT2D eigenvalue weighted by molar-refractivity contribution is 5.98. The van der Waals surface area contributed by atoms with E-state index < -0.39 is 0 Å². The average molecular weight is 276 g/mol. The van der Waals surface area contributed by atoms with Gasteiger partial charge in [-0.05, 0) is 17.7 Å². The van der Waals surface area contributed by atoms with Crippen LogP contribution in [0.5, 0.6) is 0 Å². The Morgan fingerprint density at radius 1 is 1.05 bits per heavy atom. The molecular formula is C18H16N2O. The van der Waals surface area contributed by atoms with Crippen molar-refractivity contribution in [3.63, 3.8) is 0 Å². The van der Waals surface area contributed by atoms with Crippen molar-refractivity contribution in [2.24, 2.45) is 0 Å². The van der Waals surface area contributed by atoms with Crippen molar-refractivity contribution in [2.45, 2.75) is 0 Å². The van der Waals surface area contributed by atoms with Crippen molar-refractivity contribution in [3.8, 4) is 0 Å². The smallest absolute Gasteiger partial charge is 0.267 e. The van der Waals surface area contributed by atoms with Crippen LogP contribution in [0.3, 0.4) is 0 Å². The highest BCUT2D eigenvalue weighted by Crippen LogP contribution is 2.14. The molecule has 0 saturated carbocycles. The standard InChI is InChI=1S/C18H16N2O/c21-18(17-13-15-10-4-5-11-16(15)20-17)19-12-6-9-14-7-2-1-3-8-14/h1-11,13,20H,12H2,(H,19,21). The van der Waals surface area contributed by atoms with Crippen LogP contribution in [-0.4, -0.2) is 17.4 Å². The van der Waals surface area contributed by atoms with Crippen LogP contribution in [0, 0.1) is 0 Å². The molecular weight excluding hydrogens is 260 g/mol. The number of amides is 1. The van der Waals surface area contributed by atoms with Crippen LogP contribution >= 0.6 is 0 Å². The van der Waals surface area contributed by atoms with E-state index in [1.807, 2.05) is 72.8 Å². The lowest BCUT2D eigenvalue weighted by Gasteiger charge is -1.99. The molecule has 1 aromatic heterocycles. The predicted molar refractivity (Wildman–Crippen MR) is 86.1 cm³/mol. The minimum Gasteiger partial charge on any atom is -0.351 e. The summed E-state index contributed by atoms with van der Waals surface area (Å²) in [6.45, 7) is 0.503. The summed E-state index contributed by atoms with van der Waals surface area (Å²) in [5.74, 6) is -0.0936. The zero-order valence-electron chi connectivity index (χ0n) is 11.5. The summed E-state index contributed by atoms with van der Waals surface area (Å²) in [6, 6.07) is 19.7. The summed E-state index contributed by atoms with van der Waals surface area (Å²) in [6.07, 6.45) is 3.93. The van der Waals surface area contributed by atoms with Crippen LogP contribution < -0.4 is 5.32 Å². The van der Waals surface area contributed by atoms with Crippen molar-refractivity contribution < 1.29 is 4.79 Å². The third-order valence-electron chi connectivity index (χ3n) is 3.26. The Hall–Kier alpha value is -2.81. The van der Waals surface area contributed by atoms with E-state index in [1.165, 1.54) is 0 Å². The molecule has 3 aromatic rings. The van der Waals surface area contributed by atoms with Gasteiger partial charge in [0.25, 0.3) is 5.91 Å². The number of benzene rings is 2. The number of aromatic amines is 1. The van der Waals surface area contributed by atoms with Gasteiger partial charge < -0.3 is 10.3 Å². The van der Waals surface area contributed by atoms with Crippen molar-refractivity contribution in [1.82, 2.24) is 10.3 Å². The molecule has 3 nitrogen and oxygen atoms in total. The molecule has 0 aliphatic rings. The van der Waals surface area contributed by atoms with Gasteiger partial charge in [0.15, 0.2) is 0 Å². The van der Waals surface area contributed by atoms with Gasteiger partial charge in [-0.15, -0.1) is 0 Å². The van der Waals surface area contributed by atoms with Gasteiger partial charge in [-0.3, -0.25) is 4.79 Å². The van der Waals surface area contributed by atoms with Crippen molar-refractivity contribution in [2.75, 3.05) is 6.54 Å². The molecule has 0 unspecified atom stereocenters. The van der Waals surface area contributed by atoms with Crippen LogP contribution in [0.2, 0.25) is 0 Å². The van der Waals surface area contributed by atoms with E-state index in [0.29, 0.717) is 12.2 Å². The number of para-hydroxylation sites is 1. The Bertz CT molecular complexity index is 739. The molecule has 0 aliphatic heterocycles. The number of hydrogen-bond donors (Lipinski definition) is 2. The molecule has 3 heteroatoms. The van der Waals surface area contributed by atoms with Gasteiger partial charge in [0.05, 0.1) is 0 Å². The molecule has 0 atom stereocenters. The molecule has 3 rings (SSSR count). The minimum atomic E-state index is -0.0936. The summed E-state index contributed by atoms with van der Waals surface area (Å²) in [5, 5.41) is 3.92. The third kappa shape index (κ3) is 3.20. The SMILES string of the molecule is O=C(NCC=Cc1ccccc1)c1cc2ccccc2[nH]1. The van der Waals surface area contributed by atoms with Crippen molar-refractivity contribution in [1.29, 1.82) is 0 Å². The van der Waals surface area contributed by atoms with E-state index in [1.54, 1.807) is 0 Å². The second kappa shape index (κ2) is 6.09. The Morgan fingerprint density at radius 2 is 1.81 bits per heavy atom. The fraction of sp³-hybridized carbons (Fsp3) is 0.0556. The number of nitrogens with one attached hydrogen (secondary N) is 2. The van der Waals surface area contributed by atoms with Gasteiger partial charge in [-0.25, -0.2) is 0 Å². The van der Waals surface area contributed by atoms with Gasteiger partial charge in [-0.1, -0.05) is 60.7 Å². The van der Waals surface area contributed by atoms with Gasteiger partial charge >= 0.3 is 0 Å². The monoisotopic (exact) mass is 276 g/mol. The van der Waals surface area contributed by atoms with Crippen LogP contribution in [0.25, 0.3) is 17.0 Å². The van der Waals surface area contributed by atoms with Gasteiger partial charge in [0.1, 0.15) is 5.69 Å². The number of aromatic nitrogens is 1. The second-order valence-electron chi connectivity index (χ2n) is 4.79. The second-order valence-corrected chi connectivity index (χ2v) is 4.79. The topological polar surface area (TPSA) is 44.9 Å². The Kier molecular flexibility index (Phi) is 3.83. The van der Waals surface area contributed by atoms with Crippen LogP contribution in [-0.2, 0) is 0 Å². The molecule has 0 saturated heterocycles. The number of rotatable bonds is 4. The first-order valence-corrected chi connectivity index (χ1v) is 6.90. The lowest BCUT2D eigenvalue weighted by Crippen LogP contribution is -2.23. The summed E-state index contributed by atoms with van der Waals surface area (Å²) in [7, 11) is 0. The predicted octanol–water partition coefficient (Wildman–Crippen LogP) is 3.61. The van der Waals surface area contributed by atoms with Crippen LogP contribution in [0.1, 0.15) is 16.1 Å². The third-order valence-corrected chi connectivity index (χ3v) is 3.26. The van der Waals surface area contributed by atoms with Crippen LogP contribution in [0.4, 0.5) is 0 Å². The highest BCUT2D eigenvalue weighted by atomic mass is 16.1. The molecule has 0 fully saturated rings. The normalized spacial score (nSPS) is 11.0. The molecule has 0 spiro atoms. The zero-order valence-corrected chi connectivity index (χ0v) is 11.5. The van der Waals surface area contributed by atoms with E-state index in [4.69, 9.17) is 0 Å². The summed E-state index contributed by atoms with van der Waals surface area (Å²) in [4.78, 5) is 15.2. The Morgan fingerprint density at radius 3 is 2.62 bits per heavy atom. The molecule has 21 heavy (non-hydrogen) atoms. The van der Waals surface area contributed by atoms with E-state index in [-0.39, 0.29) is 5.91 Å². The molecule has 0 radical (unpaired) electrons. The lowest BCUT2D eigenvalue weighted by molar-refractivity contribution is 0.0954. The first kappa shape index (κ1) is 13.2. The highest BCUT2D eigenvalue weighted by Gasteiger charge is 2.07. The summed E-state index contributed by atoms with van der Waals surface area (Å²) >= 11 is 0. The molecule has 0 aliphatic carbocycles. The maximum atomic E-state index is 12.0. The molecule has 2 aromatic carbocycles. The largest absolute Gasteiger partial charge is 0.351 e. The minimum absolute atomic E-state index is 0.0936. The fourth-order valence-electron chi connectivity index (χ4n) is 2.20. The van der Waals surface area contributed by atoms with Crippen molar-refractivity contribution in [3.05, 3.63) is 78.0 Å². The fourth-order valence-corrected chi connectivity index (χ4v) is 2.20. The zero-order chi connectivity index (χ0) is 14.5. The number of carbonyl (C=O) groups excluding carboxylic acids is 1. The summed E-state index contributed by atoms with van der Waals surface area (Å²) in [5.41, 5.74) is 2.68. The molecule has 0 bridgehead atoms. The molecule has 104 valence electrons. The van der Waals surface area contributed by atoms with Crippen molar-refractivity contribution >= 4 is 22.9 Å². The van der Waals surface area contributed by atoms with E-state index in [2.05, 4.69) is 10.3 Å². The maximum Gasteiger partial charge on any atom is 0.267 e. The van der Waals surface area contributed by atoms with Crippen LogP contribution in [0.15, 0.2) is 66.7 Å². The van der Waals surface area contributed by atoms with E-state index >= 15 is 0 Å².